The number of hydrogen-bond donors (Lipinski definition) is 1. The van der Waals surface area contributed by atoms with Gasteiger partial charge in [-0.25, -0.2) is 0 Å². The van der Waals surface area contributed by atoms with Gasteiger partial charge in [0.05, 0.1) is 30.1 Å². The predicted molar refractivity (Wildman–Crippen MR) is 200 cm³/mol. The van der Waals surface area contributed by atoms with Crippen LogP contribution in [0.15, 0.2) is 120 Å². The molecular formula is C39H50O6SSi2. The van der Waals surface area contributed by atoms with Gasteiger partial charge in [-0.1, -0.05) is 112 Å². The van der Waals surface area contributed by atoms with E-state index in [4.69, 9.17) is 18.3 Å². The highest BCUT2D eigenvalue weighted by Crippen LogP contribution is 2.41. The summed E-state index contributed by atoms with van der Waals surface area (Å²) in [7, 11) is -5.11. The fraction of sp³-hybridized carbons (Fsp3) is 0.385. The third-order valence-electron chi connectivity index (χ3n) is 8.96. The van der Waals surface area contributed by atoms with E-state index in [0.717, 1.165) is 21.7 Å². The van der Waals surface area contributed by atoms with Gasteiger partial charge in [0.1, 0.15) is 23.4 Å². The second-order valence-corrected chi connectivity index (χ2v) is 25.0. The molecule has 9 heteroatoms. The zero-order valence-electron chi connectivity index (χ0n) is 29.2. The van der Waals surface area contributed by atoms with Gasteiger partial charge in [-0.2, -0.15) is 0 Å². The molecule has 5 rings (SSSR count). The molecule has 1 aliphatic heterocycles. The van der Waals surface area contributed by atoms with Crippen molar-refractivity contribution in [1.82, 2.24) is 0 Å². The number of ether oxygens (including phenoxy) is 2. The summed E-state index contributed by atoms with van der Waals surface area (Å²) >= 11 is 0. The first-order chi connectivity index (χ1) is 22.8. The Bertz CT molecular complexity index is 1590. The second-order valence-electron chi connectivity index (χ2n) is 14.7. The van der Waals surface area contributed by atoms with Crippen LogP contribution < -0.4 is 15.1 Å². The first kappa shape index (κ1) is 36.4. The fourth-order valence-corrected chi connectivity index (χ4v) is 13.9. The molecule has 0 saturated carbocycles. The lowest BCUT2D eigenvalue weighted by atomic mass is 9.82. The van der Waals surface area contributed by atoms with Crippen molar-refractivity contribution in [2.75, 3.05) is 13.7 Å². The van der Waals surface area contributed by atoms with E-state index in [1.165, 1.54) is 0 Å². The lowest BCUT2D eigenvalue weighted by molar-refractivity contribution is -0.198. The molecule has 2 unspecified atom stereocenters. The summed E-state index contributed by atoms with van der Waals surface area (Å²) in [6, 6.07) is 38.0. The van der Waals surface area contributed by atoms with E-state index in [0.29, 0.717) is 11.3 Å². The van der Waals surface area contributed by atoms with E-state index >= 15 is 0 Å². The van der Waals surface area contributed by atoms with Crippen LogP contribution in [0.1, 0.15) is 32.8 Å². The average Bonchev–Trinajstić information content (AvgIpc) is 3.06. The van der Waals surface area contributed by atoms with Crippen LogP contribution >= 0.6 is 0 Å². The molecular weight excluding hydrogens is 653 g/mol. The number of rotatable bonds is 12. The van der Waals surface area contributed by atoms with Crippen molar-refractivity contribution >= 4 is 37.8 Å². The molecule has 256 valence electrons. The minimum Gasteiger partial charge on any atom is -0.497 e. The summed E-state index contributed by atoms with van der Waals surface area (Å²) in [4.78, 5) is 0.658. The second kappa shape index (κ2) is 14.9. The highest BCUT2D eigenvalue weighted by atomic mass is 32.2. The molecule has 0 aliphatic carbocycles. The third kappa shape index (κ3) is 8.10. The number of benzene rings is 4. The molecule has 1 saturated heterocycles. The van der Waals surface area contributed by atoms with Gasteiger partial charge < -0.3 is 23.4 Å². The van der Waals surface area contributed by atoms with Gasteiger partial charge in [-0.05, 0) is 64.9 Å². The van der Waals surface area contributed by atoms with Gasteiger partial charge in [0.15, 0.2) is 8.32 Å². The topological polar surface area (TPSA) is 74.2 Å². The van der Waals surface area contributed by atoms with Crippen LogP contribution in [0.3, 0.4) is 0 Å². The van der Waals surface area contributed by atoms with E-state index in [9.17, 15) is 9.32 Å². The van der Waals surface area contributed by atoms with Crippen LogP contribution in [-0.2, 0) is 30.8 Å². The van der Waals surface area contributed by atoms with Crippen molar-refractivity contribution in [3.63, 3.8) is 0 Å². The molecule has 48 heavy (non-hydrogen) atoms. The average molecular weight is 703 g/mol. The molecule has 0 aromatic heterocycles. The van der Waals surface area contributed by atoms with E-state index in [-0.39, 0.29) is 18.1 Å². The van der Waals surface area contributed by atoms with E-state index in [1.807, 2.05) is 66.7 Å². The van der Waals surface area contributed by atoms with Gasteiger partial charge in [-0.3, -0.25) is 4.21 Å². The van der Waals surface area contributed by atoms with Crippen LogP contribution in [0.2, 0.25) is 24.7 Å². The summed E-state index contributed by atoms with van der Waals surface area (Å²) < 4.78 is 40.7. The van der Waals surface area contributed by atoms with Crippen LogP contribution in [-0.4, -0.2) is 62.9 Å². The van der Waals surface area contributed by atoms with Gasteiger partial charge in [-0.15, -0.1) is 0 Å². The Hall–Kier alpha value is -2.90. The largest absolute Gasteiger partial charge is 0.497 e. The van der Waals surface area contributed by atoms with Crippen molar-refractivity contribution in [2.45, 2.75) is 86.4 Å². The Kier molecular flexibility index (Phi) is 11.3. The molecule has 1 heterocycles. The highest BCUT2D eigenvalue weighted by molar-refractivity contribution is 7.85. The van der Waals surface area contributed by atoms with Crippen LogP contribution in [0, 0.1) is 0 Å². The smallest absolute Gasteiger partial charge is 0.261 e. The highest BCUT2D eigenvalue weighted by Gasteiger charge is 2.55. The van der Waals surface area contributed by atoms with Gasteiger partial charge >= 0.3 is 0 Å². The molecule has 4 aromatic rings. The quantitative estimate of drug-likeness (QED) is 0.166. The van der Waals surface area contributed by atoms with Crippen molar-refractivity contribution in [3.8, 4) is 5.75 Å². The number of hydrogen-bond acceptors (Lipinski definition) is 6. The Morgan fingerprint density at radius 3 is 1.83 bits per heavy atom. The van der Waals surface area contributed by atoms with E-state index in [2.05, 4.69) is 88.9 Å². The third-order valence-corrected chi connectivity index (χ3v) is 16.4. The number of methoxy groups -OCH3 is 1. The molecule has 5 atom stereocenters. The normalized spacial score (nSPS) is 22.6. The molecule has 1 aliphatic rings. The predicted octanol–water partition coefficient (Wildman–Crippen LogP) is 6.69. The van der Waals surface area contributed by atoms with E-state index < -0.39 is 50.7 Å². The maximum absolute atomic E-state index is 14.2. The minimum atomic E-state index is -2.96. The molecule has 0 radical (unpaired) electrons. The number of aliphatic hydroxyl groups is 1. The lowest BCUT2D eigenvalue weighted by Crippen LogP contribution is -2.69. The Morgan fingerprint density at radius 2 is 1.35 bits per heavy atom. The molecule has 1 N–H and O–H groups in total. The maximum Gasteiger partial charge on any atom is 0.261 e. The van der Waals surface area contributed by atoms with Gasteiger partial charge in [0.2, 0.25) is 0 Å². The van der Waals surface area contributed by atoms with E-state index in [1.54, 1.807) is 7.11 Å². The Balaban J connectivity index is 1.60. The van der Waals surface area contributed by atoms with Crippen molar-refractivity contribution in [3.05, 3.63) is 121 Å². The van der Waals surface area contributed by atoms with Crippen LogP contribution in [0.4, 0.5) is 0 Å². The SMILES string of the molecule is COc1ccc(C[C@@]2(O)CC(S(=O)c3ccccc3)O[C@H](CO[Si](c3ccccc3)(c3ccccc3)C(C)(C)C)[C@@H]2O[Si](C)(C)C)cc1. The first-order valence-electron chi connectivity index (χ1n) is 16.6. The molecule has 0 spiro atoms. The molecule has 1 fully saturated rings. The fourth-order valence-electron chi connectivity index (χ4n) is 6.83. The molecule has 4 aromatic carbocycles. The molecule has 0 amide bonds. The summed E-state index contributed by atoms with van der Waals surface area (Å²) in [5, 5.41) is 14.9. The van der Waals surface area contributed by atoms with Gasteiger partial charge in [0, 0.05) is 17.7 Å². The van der Waals surface area contributed by atoms with Crippen molar-refractivity contribution in [1.29, 1.82) is 0 Å². The van der Waals surface area contributed by atoms with Crippen molar-refractivity contribution in [2.24, 2.45) is 0 Å². The Morgan fingerprint density at radius 1 is 0.833 bits per heavy atom. The van der Waals surface area contributed by atoms with Crippen LogP contribution in [0.25, 0.3) is 0 Å². The lowest BCUT2D eigenvalue weighted by Gasteiger charge is -2.50. The Labute approximate surface area is 291 Å². The summed E-state index contributed by atoms with van der Waals surface area (Å²) in [6.07, 6.45) is -0.958. The summed E-state index contributed by atoms with van der Waals surface area (Å²) in [5.41, 5.74) is -1.23. The van der Waals surface area contributed by atoms with Crippen LogP contribution in [0.5, 0.6) is 5.75 Å². The monoisotopic (exact) mass is 702 g/mol. The summed E-state index contributed by atoms with van der Waals surface area (Å²) in [5.74, 6) is 0.743. The zero-order chi connectivity index (χ0) is 34.6. The maximum atomic E-state index is 14.2. The summed E-state index contributed by atoms with van der Waals surface area (Å²) in [6.45, 7) is 13.2. The minimum absolute atomic E-state index is 0.144. The standard InChI is InChI=1S/C39H50O6SSi2/c1-38(2,3)48(33-19-13-9-14-20-33,34-21-15-10-16-22-34)43-29-35-37(45-47(5,6)7)39(40,27-30-23-25-31(42-4)26-24-30)28-36(44-35)46(41)32-17-11-8-12-18-32/h8-26,35-37,40H,27-29H2,1-7H3/t35-,36?,37+,39-,46?/m1/s1. The van der Waals surface area contributed by atoms with Gasteiger partial charge in [0.25, 0.3) is 8.32 Å². The molecule has 0 bridgehead atoms. The zero-order valence-corrected chi connectivity index (χ0v) is 32.0. The first-order valence-corrected chi connectivity index (χ1v) is 23.2. The van der Waals surface area contributed by atoms with Crippen molar-refractivity contribution < 1.29 is 27.6 Å². The molecule has 6 nitrogen and oxygen atoms in total.